The van der Waals surface area contributed by atoms with Gasteiger partial charge in [0, 0.05) is 17.0 Å². The van der Waals surface area contributed by atoms with Crippen molar-refractivity contribution in [1.82, 2.24) is 20.1 Å². The SMILES string of the molecule is CCOc1ccc(-n2c(Cc3ccccc3)nnc2SC(C)C(=O)NCc2cccs2)cc1. The summed E-state index contributed by atoms with van der Waals surface area (Å²) in [5.74, 6) is 1.60. The third kappa shape index (κ3) is 6.03. The second-order valence-corrected chi connectivity index (χ2v) is 9.72. The molecule has 0 fully saturated rings. The van der Waals surface area contributed by atoms with Gasteiger partial charge in [-0.05, 0) is 55.1 Å². The van der Waals surface area contributed by atoms with Crippen molar-refractivity contribution in [2.75, 3.05) is 6.61 Å². The van der Waals surface area contributed by atoms with Gasteiger partial charge in [-0.15, -0.1) is 21.5 Å². The van der Waals surface area contributed by atoms with Crippen molar-refractivity contribution in [2.24, 2.45) is 0 Å². The molecule has 1 N–H and O–H groups in total. The largest absolute Gasteiger partial charge is 0.494 e. The van der Waals surface area contributed by atoms with Crippen LogP contribution in [-0.2, 0) is 17.8 Å². The first-order valence-electron chi connectivity index (χ1n) is 10.8. The minimum Gasteiger partial charge on any atom is -0.494 e. The molecule has 1 amide bonds. The van der Waals surface area contributed by atoms with Crippen LogP contribution in [0.4, 0.5) is 0 Å². The van der Waals surface area contributed by atoms with Gasteiger partial charge in [0.25, 0.3) is 0 Å². The predicted octanol–water partition coefficient (Wildman–Crippen LogP) is 5.12. The average molecular weight is 479 g/mol. The number of hydrogen-bond acceptors (Lipinski definition) is 6. The molecule has 2 aromatic heterocycles. The van der Waals surface area contributed by atoms with E-state index in [4.69, 9.17) is 4.74 Å². The third-order valence-corrected chi connectivity index (χ3v) is 6.90. The second-order valence-electron chi connectivity index (χ2n) is 7.38. The number of thiophene rings is 1. The lowest BCUT2D eigenvalue weighted by molar-refractivity contribution is -0.120. The van der Waals surface area contributed by atoms with E-state index in [1.54, 1.807) is 11.3 Å². The molecule has 0 aliphatic carbocycles. The summed E-state index contributed by atoms with van der Waals surface area (Å²) in [6, 6.07) is 22.0. The topological polar surface area (TPSA) is 69.0 Å². The van der Waals surface area contributed by atoms with Gasteiger partial charge in [0.15, 0.2) is 5.16 Å². The van der Waals surface area contributed by atoms with Gasteiger partial charge in [0.2, 0.25) is 5.91 Å². The number of benzene rings is 2. The molecule has 1 atom stereocenters. The molecular weight excluding hydrogens is 452 g/mol. The Morgan fingerprint density at radius 3 is 2.58 bits per heavy atom. The molecule has 0 saturated heterocycles. The quantitative estimate of drug-likeness (QED) is 0.321. The number of nitrogens with one attached hydrogen (secondary N) is 1. The van der Waals surface area contributed by atoms with Gasteiger partial charge in [-0.1, -0.05) is 48.2 Å². The van der Waals surface area contributed by atoms with Crippen LogP contribution in [0.3, 0.4) is 0 Å². The molecule has 0 saturated carbocycles. The van der Waals surface area contributed by atoms with E-state index in [0.717, 1.165) is 27.7 Å². The molecule has 0 aliphatic heterocycles. The van der Waals surface area contributed by atoms with E-state index in [-0.39, 0.29) is 11.2 Å². The molecular formula is C25H26N4O2S2. The van der Waals surface area contributed by atoms with Gasteiger partial charge in [-0.3, -0.25) is 9.36 Å². The highest BCUT2D eigenvalue weighted by Gasteiger charge is 2.21. The number of thioether (sulfide) groups is 1. The molecule has 2 aromatic carbocycles. The van der Waals surface area contributed by atoms with Gasteiger partial charge in [-0.2, -0.15) is 0 Å². The van der Waals surface area contributed by atoms with Crippen molar-refractivity contribution in [3.63, 3.8) is 0 Å². The molecule has 6 nitrogen and oxygen atoms in total. The van der Waals surface area contributed by atoms with Crippen molar-refractivity contribution in [3.8, 4) is 11.4 Å². The van der Waals surface area contributed by atoms with Crippen LogP contribution >= 0.6 is 23.1 Å². The average Bonchev–Trinajstić information content (AvgIpc) is 3.49. The number of hydrogen-bond donors (Lipinski definition) is 1. The molecule has 170 valence electrons. The van der Waals surface area contributed by atoms with Crippen LogP contribution in [0, 0.1) is 0 Å². The van der Waals surface area contributed by atoms with Crippen molar-refractivity contribution in [3.05, 3.63) is 88.4 Å². The van der Waals surface area contributed by atoms with E-state index in [1.165, 1.54) is 11.8 Å². The second kappa shape index (κ2) is 11.2. The molecule has 1 unspecified atom stereocenters. The Morgan fingerprint density at radius 1 is 1.09 bits per heavy atom. The zero-order valence-corrected chi connectivity index (χ0v) is 20.2. The maximum Gasteiger partial charge on any atom is 0.233 e. The Labute approximate surface area is 202 Å². The van der Waals surface area contributed by atoms with Crippen LogP contribution < -0.4 is 10.1 Å². The molecule has 4 aromatic rings. The maximum absolute atomic E-state index is 12.7. The van der Waals surface area contributed by atoms with Gasteiger partial charge in [0.05, 0.1) is 18.4 Å². The van der Waals surface area contributed by atoms with E-state index < -0.39 is 0 Å². The predicted molar refractivity (Wildman–Crippen MR) is 133 cm³/mol. The highest BCUT2D eigenvalue weighted by molar-refractivity contribution is 8.00. The number of carbonyl (C=O) groups excluding carboxylic acids is 1. The van der Waals surface area contributed by atoms with Gasteiger partial charge >= 0.3 is 0 Å². The zero-order chi connectivity index (χ0) is 23.0. The fourth-order valence-electron chi connectivity index (χ4n) is 3.33. The number of amides is 1. The molecule has 33 heavy (non-hydrogen) atoms. The number of carbonyl (C=O) groups is 1. The standard InChI is InChI=1S/C25H26N4O2S2/c1-3-31-21-13-11-20(12-14-21)29-23(16-19-8-5-4-6-9-19)27-28-25(29)33-18(2)24(30)26-17-22-10-7-15-32-22/h4-15,18H,3,16-17H2,1-2H3,(H,26,30). The van der Waals surface area contributed by atoms with Gasteiger partial charge < -0.3 is 10.1 Å². The van der Waals surface area contributed by atoms with E-state index in [2.05, 4.69) is 27.6 Å². The van der Waals surface area contributed by atoms with Crippen molar-refractivity contribution in [2.45, 2.75) is 37.2 Å². The van der Waals surface area contributed by atoms with E-state index >= 15 is 0 Å². The van der Waals surface area contributed by atoms with E-state index in [0.29, 0.717) is 24.7 Å². The number of aromatic nitrogens is 3. The highest BCUT2D eigenvalue weighted by atomic mass is 32.2. The summed E-state index contributed by atoms with van der Waals surface area (Å²) >= 11 is 3.04. The molecule has 0 spiro atoms. The number of rotatable bonds is 10. The lowest BCUT2D eigenvalue weighted by Crippen LogP contribution is -2.30. The van der Waals surface area contributed by atoms with E-state index in [1.807, 2.05) is 78.4 Å². The van der Waals surface area contributed by atoms with Gasteiger partial charge in [0.1, 0.15) is 11.6 Å². The van der Waals surface area contributed by atoms with Crippen LogP contribution in [0.15, 0.2) is 77.3 Å². The minimum absolute atomic E-state index is 0.0285. The molecule has 0 bridgehead atoms. The summed E-state index contributed by atoms with van der Waals surface area (Å²) in [6.07, 6.45) is 0.639. The van der Waals surface area contributed by atoms with Crippen molar-refractivity contribution < 1.29 is 9.53 Å². The lowest BCUT2D eigenvalue weighted by Gasteiger charge is -2.14. The fraction of sp³-hybridized carbons (Fsp3) is 0.240. The molecule has 4 rings (SSSR count). The lowest BCUT2D eigenvalue weighted by atomic mass is 10.1. The summed E-state index contributed by atoms with van der Waals surface area (Å²) in [6.45, 7) is 5.00. The van der Waals surface area contributed by atoms with Crippen LogP contribution in [0.2, 0.25) is 0 Å². The summed E-state index contributed by atoms with van der Waals surface area (Å²) in [4.78, 5) is 13.8. The van der Waals surface area contributed by atoms with Gasteiger partial charge in [-0.25, -0.2) is 0 Å². The first-order chi connectivity index (χ1) is 16.1. The highest BCUT2D eigenvalue weighted by Crippen LogP contribution is 2.28. The molecule has 8 heteroatoms. The third-order valence-electron chi connectivity index (χ3n) is 4.98. The normalized spacial score (nSPS) is 11.8. The summed E-state index contributed by atoms with van der Waals surface area (Å²) in [5, 5.41) is 14.3. The number of ether oxygens (including phenoxy) is 1. The summed E-state index contributed by atoms with van der Waals surface area (Å²) < 4.78 is 7.61. The Bertz CT molecular complexity index is 1160. The van der Waals surface area contributed by atoms with Crippen LogP contribution in [-0.4, -0.2) is 32.5 Å². The first kappa shape index (κ1) is 23.1. The van der Waals surface area contributed by atoms with Crippen molar-refractivity contribution in [1.29, 1.82) is 0 Å². The zero-order valence-electron chi connectivity index (χ0n) is 18.6. The summed E-state index contributed by atoms with van der Waals surface area (Å²) in [5.41, 5.74) is 2.08. The Balaban J connectivity index is 1.56. The fourth-order valence-corrected chi connectivity index (χ4v) is 4.89. The minimum atomic E-state index is -0.319. The van der Waals surface area contributed by atoms with Crippen molar-refractivity contribution >= 4 is 29.0 Å². The molecule has 0 radical (unpaired) electrons. The number of nitrogens with zero attached hydrogens (tertiary/aromatic N) is 3. The van der Waals surface area contributed by atoms with Crippen LogP contribution in [0.25, 0.3) is 5.69 Å². The smallest absolute Gasteiger partial charge is 0.233 e. The molecule has 2 heterocycles. The van der Waals surface area contributed by atoms with Crippen LogP contribution in [0.1, 0.15) is 30.1 Å². The van der Waals surface area contributed by atoms with E-state index in [9.17, 15) is 4.79 Å². The Kier molecular flexibility index (Phi) is 7.80. The summed E-state index contributed by atoms with van der Waals surface area (Å²) in [7, 11) is 0. The van der Waals surface area contributed by atoms with Crippen LogP contribution in [0.5, 0.6) is 5.75 Å². The maximum atomic E-state index is 12.7. The monoisotopic (exact) mass is 478 g/mol. The Morgan fingerprint density at radius 2 is 1.88 bits per heavy atom. The first-order valence-corrected chi connectivity index (χ1v) is 12.6. The molecule has 0 aliphatic rings. The Hall–Kier alpha value is -3.10.